The highest BCUT2D eigenvalue weighted by atomic mass is 16.5. The number of hydrogen-bond donors (Lipinski definition) is 2. The summed E-state index contributed by atoms with van der Waals surface area (Å²) in [4.78, 5) is 14.8. The fourth-order valence-corrected chi connectivity index (χ4v) is 6.69. The summed E-state index contributed by atoms with van der Waals surface area (Å²) in [5.74, 6) is 0.773. The van der Waals surface area contributed by atoms with E-state index in [4.69, 9.17) is 4.74 Å². The Morgan fingerprint density at radius 3 is 2.88 bits per heavy atom. The number of allylic oxidation sites excluding steroid dienone is 2. The molecule has 6 aliphatic rings. The van der Waals surface area contributed by atoms with Crippen molar-refractivity contribution in [3.63, 3.8) is 0 Å². The van der Waals surface area contributed by atoms with Gasteiger partial charge in [0, 0.05) is 24.6 Å². The minimum Gasteiger partial charge on any atom is -0.502 e. The van der Waals surface area contributed by atoms with E-state index < -0.39 is 11.0 Å². The molecule has 2 heterocycles. The third kappa shape index (κ3) is 1.61. The second-order valence-electron chi connectivity index (χ2n) is 9.06. The number of nitrogens with zero attached hydrogens (tertiary/aromatic N) is 1. The van der Waals surface area contributed by atoms with Crippen molar-refractivity contribution >= 4 is 5.78 Å². The first-order valence-electron chi connectivity index (χ1n) is 9.87. The molecule has 0 aromatic rings. The maximum Gasteiger partial charge on any atom is 0.205 e. The molecule has 25 heavy (non-hydrogen) atoms. The average molecular weight is 343 g/mol. The van der Waals surface area contributed by atoms with E-state index in [1.807, 2.05) is 0 Å². The zero-order chi connectivity index (χ0) is 17.0. The van der Waals surface area contributed by atoms with Crippen LogP contribution in [0.25, 0.3) is 0 Å². The number of aliphatic hydroxyl groups excluding tert-OH is 1. The van der Waals surface area contributed by atoms with Gasteiger partial charge in [-0.2, -0.15) is 0 Å². The van der Waals surface area contributed by atoms with Crippen LogP contribution in [0, 0.1) is 11.3 Å². The third-order valence-corrected chi connectivity index (χ3v) is 7.90. The van der Waals surface area contributed by atoms with Crippen LogP contribution < -0.4 is 0 Å². The zero-order valence-corrected chi connectivity index (χ0v) is 14.5. The lowest BCUT2D eigenvalue weighted by molar-refractivity contribution is -0.207. The van der Waals surface area contributed by atoms with Gasteiger partial charge in [-0.05, 0) is 57.4 Å². The normalized spacial score (nSPS) is 45.6. The number of ketones is 1. The highest BCUT2D eigenvalue weighted by molar-refractivity contribution is 5.98. The molecule has 0 aromatic heterocycles. The Balaban J connectivity index is 1.55. The molecule has 0 aromatic carbocycles. The summed E-state index contributed by atoms with van der Waals surface area (Å²) in [5, 5.41) is 22.4. The van der Waals surface area contributed by atoms with Crippen molar-refractivity contribution in [1.82, 2.24) is 4.90 Å². The number of hydrogen-bond acceptors (Lipinski definition) is 5. The number of rotatable bonds is 2. The van der Waals surface area contributed by atoms with Crippen molar-refractivity contribution in [3.8, 4) is 0 Å². The summed E-state index contributed by atoms with van der Waals surface area (Å²) in [6.45, 7) is 2.07. The van der Waals surface area contributed by atoms with Crippen molar-refractivity contribution in [1.29, 1.82) is 0 Å². The minimum atomic E-state index is -0.787. The Bertz CT molecular complexity index is 751. The Hall–Kier alpha value is -1.33. The number of piperidine rings is 1. The Morgan fingerprint density at radius 1 is 1.24 bits per heavy atom. The maximum atomic E-state index is 12.3. The summed E-state index contributed by atoms with van der Waals surface area (Å²) < 4.78 is 6.18. The SMILES string of the molecule is O=C1CC2=C3C(=C1O)OC1CCC[C@@]4(O)[C@@H](C2)N(CC2CC2)CC[C@]314. The van der Waals surface area contributed by atoms with Crippen LogP contribution in [0.4, 0.5) is 0 Å². The molecule has 4 fully saturated rings. The molecule has 4 aliphatic carbocycles. The number of likely N-dealkylation sites (tertiary alicyclic amines) is 1. The summed E-state index contributed by atoms with van der Waals surface area (Å²) >= 11 is 0. The maximum absolute atomic E-state index is 12.3. The van der Waals surface area contributed by atoms with Gasteiger partial charge in [0.15, 0.2) is 5.76 Å². The summed E-state index contributed by atoms with van der Waals surface area (Å²) in [5.41, 5.74) is 0.939. The molecule has 2 saturated carbocycles. The lowest BCUT2D eigenvalue weighted by atomic mass is 9.48. The van der Waals surface area contributed by atoms with Gasteiger partial charge in [-0.3, -0.25) is 9.69 Å². The first kappa shape index (κ1) is 14.8. The largest absolute Gasteiger partial charge is 0.502 e. The van der Waals surface area contributed by atoms with Crippen molar-refractivity contribution in [3.05, 3.63) is 22.7 Å². The first-order chi connectivity index (χ1) is 12.0. The van der Waals surface area contributed by atoms with Gasteiger partial charge in [0.25, 0.3) is 0 Å². The third-order valence-electron chi connectivity index (χ3n) is 7.90. The van der Waals surface area contributed by atoms with Crippen LogP contribution in [0.3, 0.4) is 0 Å². The van der Waals surface area contributed by atoms with Gasteiger partial charge in [-0.25, -0.2) is 0 Å². The zero-order valence-electron chi connectivity index (χ0n) is 14.5. The van der Waals surface area contributed by atoms with Gasteiger partial charge in [0.2, 0.25) is 11.5 Å². The first-order valence-corrected chi connectivity index (χ1v) is 9.87. The molecular weight excluding hydrogens is 318 g/mol. The van der Waals surface area contributed by atoms with E-state index >= 15 is 0 Å². The van der Waals surface area contributed by atoms with Crippen LogP contribution in [0.15, 0.2) is 22.7 Å². The molecule has 2 aliphatic heterocycles. The molecule has 4 atom stereocenters. The van der Waals surface area contributed by atoms with Crippen LogP contribution in [0.1, 0.15) is 51.4 Å². The van der Waals surface area contributed by atoms with Gasteiger partial charge in [0.05, 0.1) is 11.0 Å². The van der Waals surface area contributed by atoms with E-state index in [9.17, 15) is 15.0 Å². The van der Waals surface area contributed by atoms with Crippen molar-refractivity contribution in [2.45, 2.75) is 69.1 Å². The Morgan fingerprint density at radius 2 is 2.08 bits per heavy atom. The fourth-order valence-electron chi connectivity index (χ4n) is 6.69. The smallest absolute Gasteiger partial charge is 0.205 e. The molecule has 5 heteroatoms. The summed E-state index contributed by atoms with van der Waals surface area (Å²) in [7, 11) is 0. The Labute approximate surface area is 147 Å². The molecule has 0 amide bonds. The van der Waals surface area contributed by atoms with Crippen LogP contribution in [-0.2, 0) is 9.53 Å². The summed E-state index contributed by atoms with van der Waals surface area (Å²) in [6, 6.07) is 0.0967. The number of Topliss-reactive ketones (excluding diaryl/α,β-unsaturated/α-hetero) is 1. The van der Waals surface area contributed by atoms with Crippen LogP contribution in [0.2, 0.25) is 0 Å². The molecule has 1 spiro atoms. The van der Waals surface area contributed by atoms with Crippen molar-refractivity contribution in [2.75, 3.05) is 13.1 Å². The second kappa shape index (κ2) is 4.49. The lowest BCUT2D eigenvalue weighted by Gasteiger charge is -2.63. The highest BCUT2D eigenvalue weighted by Gasteiger charge is 2.72. The van der Waals surface area contributed by atoms with Crippen molar-refractivity contribution in [2.24, 2.45) is 11.3 Å². The molecule has 2 saturated heterocycles. The lowest BCUT2D eigenvalue weighted by Crippen LogP contribution is -2.72. The molecule has 2 bridgehead atoms. The molecular formula is C20H25NO4. The van der Waals surface area contributed by atoms with Gasteiger partial charge in [0.1, 0.15) is 6.10 Å². The predicted molar refractivity (Wildman–Crippen MR) is 89.7 cm³/mol. The molecule has 6 rings (SSSR count). The van der Waals surface area contributed by atoms with E-state index in [0.29, 0.717) is 12.2 Å². The van der Waals surface area contributed by atoms with E-state index in [1.165, 1.54) is 12.8 Å². The van der Waals surface area contributed by atoms with E-state index in [0.717, 1.165) is 62.3 Å². The van der Waals surface area contributed by atoms with E-state index in [-0.39, 0.29) is 23.7 Å². The minimum absolute atomic E-state index is 0.0924. The van der Waals surface area contributed by atoms with Crippen LogP contribution >= 0.6 is 0 Å². The van der Waals surface area contributed by atoms with Gasteiger partial charge >= 0.3 is 0 Å². The number of carbonyl (C=O) groups is 1. The van der Waals surface area contributed by atoms with Crippen molar-refractivity contribution < 1.29 is 19.7 Å². The molecule has 5 nitrogen and oxygen atoms in total. The number of carbonyl (C=O) groups excluding carboxylic acids is 1. The molecule has 0 radical (unpaired) electrons. The Kier molecular flexibility index (Phi) is 2.66. The van der Waals surface area contributed by atoms with Crippen LogP contribution in [-0.4, -0.2) is 51.7 Å². The highest BCUT2D eigenvalue weighted by Crippen LogP contribution is 2.68. The van der Waals surface area contributed by atoms with Gasteiger partial charge < -0.3 is 14.9 Å². The topological polar surface area (TPSA) is 70.0 Å². The van der Waals surface area contributed by atoms with Gasteiger partial charge in [-0.15, -0.1) is 0 Å². The fraction of sp³-hybridized carbons (Fsp3) is 0.750. The quantitative estimate of drug-likeness (QED) is 0.804. The number of aliphatic hydroxyl groups is 2. The second-order valence-corrected chi connectivity index (χ2v) is 9.06. The predicted octanol–water partition coefficient (Wildman–Crippen LogP) is 2.21. The van der Waals surface area contributed by atoms with Crippen LogP contribution in [0.5, 0.6) is 0 Å². The van der Waals surface area contributed by atoms with Gasteiger partial charge in [-0.1, -0.05) is 5.57 Å². The van der Waals surface area contributed by atoms with E-state index in [2.05, 4.69) is 4.90 Å². The molecule has 2 N–H and O–H groups in total. The molecule has 1 unspecified atom stereocenters. The standard InChI is InChI=1S/C20H25NO4/c22-13-8-12-9-14-20(24)5-1-2-15-19(20,16(12)18(25-15)17(13)23)6-7-21(14)10-11-3-4-11/h11,14-15,23-24H,1-10H2/t14-,15?,19-,20-/m1/s1. The monoisotopic (exact) mass is 343 g/mol. The average Bonchev–Trinajstić information content (AvgIpc) is 3.32. The number of ether oxygens (including phenoxy) is 1. The van der Waals surface area contributed by atoms with E-state index in [1.54, 1.807) is 0 Å². The summed E-state index contributed by atoms with van der Waals surface area (Å²) in [6.07, 6.45) is 7.10. The molecule has 134 valence electrons.